The molecule has 2 aliphatic carbocycles. The van der Waals surface area contributed by atoms with Crippen LogP contribution in [0.25, 0.3) is 0 Å². The molecule has 0 radical (unpaired) electrons. The van der Waals surface area contributed by atoms with Gasteiger partial charge in [-0.15, -0.1) is 0 Å². The van der Waals surface area contributed by atoms with E-state index < -0.39 is 4.92 Å². The van der Waals surface area contributed by atoms with Crippen molar-refractivity contribution in [2.75, 3.05) is 17.7 Å². The van der Waals surface area contributed by atoms with Crippen molar-refractivity contribution in [3.8, 4) is 5.75 Å². The largest absolute Gasteiger partial charge is 0.496 e. The molecule has 0 spiro atoms. The van der Waals surface area contributed by atoms with Crippen LogP contribution in [0.2, 0.25) is 0 Å². The lowest BCUT2D eigenvalue weighted by Crippen LogP contribution is -2.17. The predicted molar refractivity (Wildman–Crippen MR) is 103 cm³/mol. The topological polar surface area (TPSA) is 102 Å². The highest BCUT2D eigenvalue weighted by Crippen LogP contribution is 2.40. The van der Waals surface area contributed by atoms with Crippen LogP contribution in [0, 0.1) is 10.1 Å². The fourth-order valence-corrected chi connectivity index (χ4v) is 3.47. The highest BCUT2D eigenvalue weighted by atomic mass is 16.6. The van der Waals surface area contributed by atoms with Crippen LogP contribution < -0.4 is 15.4 Å². The standard InChI is InChI=1S/C19H23N5O3/c1-27-14-8-9-15(17(10-14)24(25)26)21-18-11-16(12-6-7-12)22-19(23-18)20-13-4-2-3-5-13/h8-13H,2-7H2,1H3,(H2,20,21,22,23). The van der Waals surface area contributed by atoms with Crippen molar-refractivity contribution in [1.29, 1.82) is 0 Å². The van der Waals surface area contributed by atoms with Crippen molar-refractivity contribution >= 4 is 23.1 Å². The van der Waals surface area contributed by atoms with E-state index in [1.807, 2.05) is 6.07 Å². The van der Waals surface area contributed by atoms with Gasteiger partial charge in [0, 0.05) is 18.0 Å². The van der Waals surface area contributed by atoms with Crippen LogP contribution >= 0.6 is 0 Å². The molecule has 2 aromatic rings. The fourth-order valence-electron chi connectivity index (χ4n) is 3.47. The molecule has 0 bridgehead atoms. The van der Waals surface area contributed by atoms with E-state index in [0.717, 1.165) is 31.4 Å². The molecule has 2 saturated carbocycles. The first kappa shape index (κ1) is 17.5. The number of hydrogen-bond acceptors (Lipinski definition) is 7. The lowest BCUT2D eigenvalue weighted by Gasteiger charge is -2.15. The number of nitro benzene ring substituents is 1. The highest BCUT2D eigenvalue weighted by Gasteiger charge is 2.27. The lowest BCUT2D eigenvalue weighted by molar-refractivity contribution is -0.384. The summed E-state index contributed by atoms with van der Waals surface area (Å²) in [7, 11) is 1.49. The summed E-state index contributed by atoms with van der Waals surface area (Å²) in [5.41, 5.74) is 1.32. The predicted octanol–water partition coefficient (Wildman–Crippen LogP) is 4.37. The van der Waals surface area contributed by atoms with Gasteiger partial charge in [-0.1, -0.05) is 12.8 Å². The number of ether oxygens (including phenoxy) is 1. The molecule has 0 unspecified atom stereocenters. The Bertz CT molecular complexity index is 847. The normalized spacial score (nSPS) is 16.9. The second kappa shape index (κ2) is 7.38. The van der Waals surface area contributed by atoms with Gasteiger partial charge in [0.05, 0.1) is 23.8 Å². The number of hydrogen-bond donors (Lipinski definition) is 2. The molecule has 0 atom stereocenters. The zero-order valence-corrected chi connectivity index (χ0v) is 15.3. The van der Waals surface area contributed by atoms with Gasteiger partial charge in [0.15, 0.2) is 0 Å². The summed E-state index contributed by atoms with van der Waals surface area (Å²) in [6, 6.07) is 7.03. The van der Waals surface area contributed by atoms with Gasteiger partial charge in [0.1, 0.15) is 17.3 Å². The maximum absolute atomic E-state index is 11.4. The van der Waals surface area contributed by atoms with E-state index in [9.17, 15) is 10.1 Å². The van der Waals surface area contributed by atoms with Crippen LogP contribution in [-0.4, -0.2) is 28.0 Å². The first-order chi connectivity index (χ1) is 13.1. The number of nitrogens with one attached hydrogen (secondary N) is 2. The second-order valence-electron chi connectivity index (χ2n) is 7.17. The summed E-state index contributed by atoms with van der Waals surface area (Å²) in [6.07, 6.45) is 6.96. The average Bonchev–Trinajstić information content (AvgIpc) is 3.39. The van der Waals surface area contributed by atoms with Gasteiger partial charge in [0.2, 0.25) is 5.95 Å². The monoisotopic (exact) mass is 369 g/mol. The summed E-state index contributed by atoms with van der Waals surface area (Å²) in [5, 5.41) is 18.0. The Morgan fingerprint density at radius 3 is 2.59 bits per heavy atom. The highest BCUT2D eigenvalue weighted by molar-refractivity contribution is 5.70. The molecule has 0 saturated heterocycles. The zero-order chi connectivity index (χ0) is 18.8. The smallest absolute Gasteiger partial charge is 0.296 e. The molecule has 4 rings (SSSR count). The Balaban J connectivity index is 1.62. The molecule has 8 heteroatoms. The lowest BCUT2D eigenvalue weighted by atomic mass is 10.2. The first-order valence-corrected chi connectivity index (χ1v) is 9.37. The van der Waals surface area contributed by atoms with E-state index in [-0.39, 0.29) is 5.69 Å². The van der Waals surface area contributed by atoms with Gasteiger partial charge in [-0.05, 0) is 37.8 Å². The Kier molecular flexibility index (Phi) is 4.79. The van der Waals surface area contributed by atoms with Crippen molar-refractivity contribution in [1.82, 2.24) is 9.97 Å². The third kappa shape index (κ3) is 4.10. The summed E-state index contributed by atoms with van der Waals surface area (Å²) in [4.78, 5) is 20.2. The molecule has 2 N–H and O–H groups in total. The Morgan fingerprint density at radius 1 is 1.15 bits per heavy atom. The maximum Gasteiger partial charge on any atom is 0.296 e. The number of nitro groups is 1. The van der Waals surface area contributed by atoms with Gasteiger partial charge in [-0.3, -0.25) is 10.1 Å². The fraction of sp³-hybridized carbons (Fsp3) is 0.474. The van der Waals surface area contributed by atoms with Crippen LogP contribution in [0.15, 0.2) is 24.3 Å². The number of methoxy groups -OCH3 is 1. The first-order valence-electron chi connectivity index (χ1n) is 9.37. The molecule has 1 aromatic carbocycles. The Morgan fingerprint density at radius 2 is 1.93 bits per heavy atom. The van der Waals surface area contributed by atoms with Crippen LogP contribution in [-0.2, 0) is 0 Å². The van der Waals surface area contributed by atoms with Crippen molar-refractivity contribution < 1.29 is 9.66 Å². The van der Waals surface area contributed by atoms with Gasteiger partial charge in [0.25, 0.3) is 5.69 Å². The number of aromatic nitrogens is 2. The number of anilines is 3. The quantitative estimate of drug-likeness (QED) is 0.552. The third-order valence-electron chi connectivity index (χ3n) is 5.09. The second-order valence-corrected chi connectivity index (χ2v) is 7.17. The van der Waals surface area contributed by atoms with Gasteiger partial charge >= 0.3 is 0 Å². The van der Waals surface area contributed by atoms with Gasteiger partial charge in [-0.2, -0.15) is 4.98 Å². The van der Waals surface area contributed by atoms with Crippen molar-refractivity contribution in [2.45, 2.75) is 50.5 Å². The van der Waals surface area contributed by atoms with Gasteiger partial charge < -0.3 is 15.4 Å². The number of rotatable bonds is 7. The van der Waals surface area contributed by atoms with E-state index in [2.05, 4.69) is 20.6 Å². The Hall–Kier alpha value is -2.90. The summed E-state index contributed by atoms with van der Waals surface area (Å²) in [6.45, 7) is 0. The minimum absolute atomic E-state index is 0.0498. The molecule has 2 aliphatic rings. The van der Waals surface area contributed by atoms with E-state index in [1.165, 1.54) is 26.0 Å². The molecule has 8 nitrogen and oxygen atoms in total. The van der Waals surface area contributed by atoms with Crippen molar-refractivity contribution in [2.24, 2.45) is 0 Å². The van der Waals surface area contributed by atoms with Crippen molar-refractivity contribution in [3.63, 3.8) is 0 Å². The third-order valence-corrected chi connectivity index (χ3v) is 5.09. The minimum atomic E-state index is -0.425. The molecule has 0 amide bonds. The molecule has 2 fully saturated rings. The van der Waals surface area contributed by atoms with Crippen LogP contribution in [0.3, 0.4) is 0 Å². The number of benzene rings is 1. The summed E-state index contributed by atoms with van der Waals surface area (Å²) < 4.78 is 5.09. The van der Waals surface area contributed by atoms with Crippen LogP contribution in [0.5, 0.6) is 5.75 Å². The van der Waals surface area contributed by atoms with Crippen LogP contribution in [0.4, 0.5) is 23.1 Å². The number of nitrogens with zero attached hydrogens (tertiary/aromatic N) is 3. The molecule has 142 valence electrons. The van der Waals surface area contributed by atoms with E-state index >= 15 is 0 Å². The molecule has 0 aliphatic heterocycles. The molecule has 1 aromatic heterocycles. The molecule has 27 heavy (non-hydrogen) atoms. The van der Waals surface area contributed by atoms with Crippen molar-refractivity contribution in [3.05, 3.63) is 40.1 Å². The Labute approximate surface area is 157 Å². The molecule has 1 heterocycles. The van der Waals surface area contributed by atoms with E-state index in [4.69, 9.17) is 4.74 Å². The van der Waals surface area contributed by atoms with E-state index in [1.54, 1.807) is 12.1 Å². The summed E-state index contributed by atoms with van der Waals surface area (Å²) in [5.74, 6) is 2.08. The van der Waals surface area contributed by atoms with Crippen LogP contribution in [0.1, 0.15) is 50.1 Å². The SMILES string of the molecule is COc1ccc(Nc2cc(C3CC3)nc(NC3CCCC3)n2)c([N+](=O)[O-])c1. The average molecular weight is 369 g/mol. The maximum atomic E-state index is 11.4. The zero-order valence-electron chi connectivity index (χ0n) is 15.3. The van der Waals surface area contributed by atoms with E-state index in [0.29, 0.717) is 35.2 Å². The van der Waals surface area contributed by atoms with Gasteiger partial charge in [-0.25, -0.2) is 4.98 Å². The molecular weight excluding hydrogens is 346 g/mol. The molecular formula is C19H23N5O3. The minimum Gasteiger partial charge on any atom is -0.496 e. The summed E-state index contributed by atoms with van der Waals surface area (Å²) >= 11 is 0.